The number of benzene rings is 1. The molecule has 3 aliphatic rings. The number of hydrogen-bond donors (Lipinski definition) is 0. The third-order valence-corrected chi connectivity index (χ3v) is 8.01. The Kier molecular flexibility index (Phi) is 4.34. The van der Waals surface area contributed by atoms with Crippen molar-refractivity contribution < 1.29 is 0 Å². The van der Waals surface area contributed by atoms with Gasteiger partial charge in [0.05, 0.1) is 0 Å². The molecule has 2 aliphatic carbocycles. The molecule has 0 N–H and O–H groups in total. The van der Waals surface area contributed by atoms with E-state index in [0.29, 0.717) is 0 Å². The average Bonchev–Trinajstić information content (AvgIpc) is 2.81. The molecule has 0 amide bonds. The van der Waals surface area contributed by atoms with Crippen molar-refractivity contribution in [2.24, 2.45) is 5.41 Å². The lowest BCUT2D eigenvalue weighted by molar-refractivity contribution is 0.574. The maximum Gasteiger partial charge on any atom is 0.0303 e. The Labute approximate surface area is 163 Å². The van der Waals surface area contributed by atoms with Crippen LogP contribution in [0.25, 0.3) is 0 Å². The number of fused-ring (bicyclic) bond motifs is 1. The lowest BCUT2D eigenvalue weighted by atomic mass is 9.79. The van der Waals surface area contributed by atoms with E-state index in [2.05, 4.69) is 63.8 Å². The van der Waals surface area contributed by atoms with Gasteiger partial charge in [-0.25, -0.2) is 0 Å². The summed E-state index contributed by atoms with van der Waals surface area (Å²) in [6.45, 7) is 11.2. The Morgan fingerprint density at radius 1 is 1.12 bits per heavy atom. The van der Waals surface area contributed by atoms with Gasteiger partial charge in [-0.05, 0) is 60.3 Å². The number of allylic oxidation sites excluding steroid dienone is 7. The molecule has 0 fully saturated rings. The van der Waals surface area contributed by atoms with Crippen LogP contribution in [0, 0.1) is 5.41 Å². The zero-order chi connectivity index (χ0) is 17.8. The van der Waals surface area contributed by atoms with E-state index < -0.39 is 0 Å². The van der Waals surface area contributed by atoms with E-state index in [1.807, 2.05) is 11.8 Å². The number of hydrogen-bond acceptors (Lipinski definition) is 2. The lowest BCUT2D eigenvalue weighted by Gasteiger charge is -2.30. The van der Waals surface area contributed by atoms with Crippen molar-refractivity contribution in [3.05, 3.63) is 80.1 Å². The number of halogens is 1. The van der Waals surface area contributed by atoms with Crippen LogP contribution in [0.15, 0.2) is 89.9 Å². The topological polar surface area (TPSA) is 0 Å². The second kappa shape index (κ2) is 6.26. The van der Waals surface area contributed by atoms with Crippen LogP contribution in [-0.4, -0.2) is 0 Å². The molecule has 0 spiro atoms. The van der Waals surface area contributed by atoms with Gasteiger partial charge in [-0.3, -0.25) is 0 Å². The van der Waals surface area contributed by atoms with Gasteiger partial charge in [0.2, 0.25) is 0 Å². The molecule has 0 unspecified atom stereocenters. The minimum absolute atomic E-state index is 0.0458. The molecule has 128 valence electrons. The largest absolute Gasteiger partial charge is 0.0891 e. The second-order valence-electron chi connectivity index (χ2n) is 7.09. The van der Waals surface area contributed by atoms with E-state index >= 15 is 0 Å². The van der Waals surface area contributed by atoms with Crippen LogP contribution >= 0.6 is 35.1 Å². The van der Waals surface area contributed by atoms with Gasteiger partial charge in [0.25, 0.3) is 0 Å². The quantitative estimate of drug-likeness (QED) is 0.446. The van der Waals surface area contributed by atoms with E-state index in [-0.39, 0.29) is 5.41 Å². The molecule has 0 nitrogen and oxygen atoms in total. The van der Waals surface area contributed by atoms with Gasteiger partial charge in [0.1, 0.15) is 0 Å². The van der Waals surface area contributed by atoms with Gasteiger partial charge in [-0.1, -0.05) is 73.8 Å². The fourth-order valence-electron chi connectivity index (χ4n) is 4.03. The molecule has 1 aliphatic heterocycles. The maximum absolute atomic E-state index is 6.40. The molecule has 25 heavy (non-hydrogen) atoms. The smallest absolute Gasteiger partial charge is 0.0303 e. The summed E-state index contributed by atoms with van der Waals surface area (Å²) in [5, 5.41) is 0.975. The Balaban J connectivity index is 1.91. The highest BCUT2D eigenvalue weighted by Crippen LogP contribution is 2.60. The molecule has 0 saturated carbocycles. The summed E-state index contributed by atoms with van der Waals surface area (Å²) in [4.78, 5) is 5.11. The van der Waals surface area contributed by atoms with E-state index in [1.165, 1.54) is 37.0 Å². The second-order valence-corrected chi connectivity index (χ2v) is 9.76. The summed E-state index contributed by atoms with van der Waals surface area (Å²) in [7, 11) is 0. The first kappa shape index (κ1) is 17.3. The normalized spacial score (nSPS) is 26.6. The zero-order valence-corrected chi connectivity index (χ0v) is 17.2. The average molecular weight is 385 g/mol. The number of rotatable bonds is 0. The summed E-state index contributed by atoms with van der Waals surface area (Å²) in [6, 6.07) is 8.61. The number of thioether (sulfide) groups is 2. The SMILES string of the molecule is C=C1Sc2ccccc2SC1=C1/C(=C\C)C2=C(C=C(Cl)CC2)C1(C)C. The van der Waals surface area contributed by atoms with Gasteiger partial charge in [0, 0.05) is 30.0 Å². The van der Waals surface area contributed by atoms with E-state index in [9.17, 15) is 0 Å². The summed E-state index contributed by atoms with van der Waals surface area (Å²) in [5.41, 5.74) is 5.62. The van der Waals surface area contributed by atoms with Crippen molar-refractivity contribution in [1.29, 1.82) is 0 Å². The predicted octanol–water partition coefficient (Wildman–Crippen LogP) is 7.85. The molecule has 0 saturated heterocycles. The van der Waals surface area contributed by atoms with Gasteiger partial charge in [-0.15, -0.1) is 0 Å². The zero-order valence-electron chi connectivity index (χ0n) is 14.8. The molecule has 0 aromatic heterocycles. The molecule has 3 heteroatoms. The van der Waals surface area contributed by atoms with Crippen molar-refractivity contribution >= 4 is 35.1 Å². The van der Waals surface area contributed by atoms with Crippen LogP contribution in [0.3, 0.4) is 0 Å². The Bertz CT molecular complexity index is 910. The molecule has 1 aromatic rings. The molecule has 0 radical (unpaired) electrons. The lowest BCUT2D eigenvalue weighted by Crippen LogP contribution is -2.15. The van der Waals surface area contributed by atoms with Gasteiger partial charge < -0.3 is 0 Å². The van der Waals surface area contributed by atoms with Crippen molar-refractivity contribution in [3.8, 4) is 0 Å². The summed E-state index contributed by atoms with van der Waals surface area (Å²) in [6.07, 6.45) is 6.46. The highest BCUT2D eigenvalue weighted by Gasteiger charge is 2.43. The van der Waals surface area contributed by atoms with Gasteiger partial charge >= 0.3 is 0 Å². The highest BCUT2D eigenvalue weighted by molar-refractivity contribution is 8.11. The summed E-state index contributed by atoms with van der Waals surface area (Å²) >= 11 is 10.1. The minimum atomic E-state index is -0.0458. The first-order valence-corrected chi connectivity index (χ1v) is 10.6. The Hall–Kier alpha value is -1.09. The molecular weight excluding hydrogens is 364 g/mol. The highest BCUT2D eigenvalue weighted by atomic mass is 35.5. The third kappa shape index (κ3) is 2.70. The molecule has 1 heterocycles. The molecular formula is C22H21ClS2. The van der Waals surface area contributed by atoms with Crippen LogP contribution in [0.4, 0.5) is 0 Å². The van der Waals surface area contributed by atoms with Crippen LogP contribution in [0.2, 0.25) is 0 Å². The predicted molar refractivity (Wildman–Crippen MR) is 112 cm³/mol. The monoisotopic (exact) mass is 384 g/mol. The fraction of sp³-hybridized carbons (Fsp3) is 0.273. The van der Waals surface area contributed by atoms with Crippen molar-refractivity contribution in [2.75, 3.05) is 0 Å². The Morgan fingerprint density at radius 2 is 1.80 bits per heavy atom. The van der Waals surface area contributed by atoms with Gasteiger partial charge in [-0.2, -0.15) is 0 Å². The Morgan fingerprint density at radius 3 is 2.48 bits per heavy atom. The van der Waals surface area contributed by atoms with Crippen LogP contribution in [0.1, 0.15) is 33.6 Å². The minimum Gasteiger partial charge on any atom is -0.0891 e. The van der Waals surface area contributed by atoms with Crippen molar-refractivity contribution in [3.63, 3.8) is 0 Å². The van der Waals surface area contributed by atoms with Crippen molar-refractivity contribution in [2.45, 2.75) is 43.4 Å². The molecule has 4 rings (SSSR count). The summed E-state index contributed by atoms with van der Waals surface area (Å²) < 4.78 is 0. The fourth-order valence-corrected chi connectivity index (χ4v) is 6.63. The first-order valence-electron chi connectivity index (χ1n) is 8.59. The molecule has 1 aromatic carbocycles. The van der Waals surface area contributed by atoms with Crippen LogP contribution < -0.4 is 0 Å². The van der Waals surface area contributed by atoms with Crippen LogP contribution in [-0.2, 0) is 0 Å². The first-order chi connectivity index (χ1) is 11.9. The molecule has 0 bridgehead atoms. The molecule has 0 atom stereocenters. The van der Waals surface area contributed by atoms with E-state index in [4.69, 9.17) is 11.6 Å². The maximum atomic E-state index is 6.40. The van der Waals surface area contributed by atoms with E-state index in [1.54, 1.807) is 11.8 Å². The standard InChI is InChI=1S/C22H21ClS2/c1-5-15-16-11-10-14(23)12-17(16)22(3,4)20(15)21-13(2)24-18-8-6-7-9-19(18)25-21/h5-9,12H,2,10-11H2,1,3-4H3/b15-5-,21-20?. The van der Waals surface area contributed by atoms with E-state index in [0.717, 1.165) is 22.8 Å². The summed E-state index contributed by atoms with van der Waals surface area (Å²) in [5.74, 6) is 0. The van der Waals surface area contributed by atoms with Crippen molar-refractivity contribution in [1.82, 2.24) is 0 Å². The van der Waals surface area contributed by atoms with Crippen LogP contribution in [0.5, 0.6) is 0 Å². The third-order valence-electron chi connectivity index (χ3n) is 5.20. The van der Waals surface area contributed by atoms with Gasteiger partial charge in [0.15, 0.2) is 0 Å².